The topological polar surface area (TPSA) is 64.8 Å². The third-order valence-corrected chi connectivity index (χ3v) is 6.80. The summed E-state index contributed by atoms with van der Waals surface area (Å²) in [5, 5.41) is 1.83. The van der Waals surface area contributed by atoms with Crippen molar-refractivity contribution in [1.82, 2.24) is 4.98 Å². The van der Waals surface area contributed by atoms with Gasteiger partial charge in [-0.1, -0.05) is 65.4 Å². The van der Waals surface area contributed by atoms with Crippen LogP contribution in [0.1, 0.15) is 16.1 Å². The number of methoxy groups -OCH3 is 2. The van der Waals surface area contributed by atoms with Crippen LogP contribution in [0.2, 0.25) is 5.02 Å². The van der Waals surface area contributed by atoms with Crippen LogP contribution in [0, 0.1) is 0 Å². The average Bonchev–Trinajstić information content (AvgIpc) is 3.48. The summed E-state index contributed by atoms with van der Waals surface area (Å²) in [5.74, 6) is 1.05. The fraction of sp³-hybridized carbons (Fsp3) is 0.120. The summed E-state index contributed by atoms with van der Waals surface area (Å²) in [6, 6.07) is 20.5. The summed E-state index contributed by atoms with van der Waals surface area (Å²) >= 11 is 7.76. The highest BCUT2D eigenvalue weighted by molar-refractivity contribution is 7.23. The van der Waals surface area contributed by atoms with Crippen LogP contribution in [-0.4, -0.2) is 25.1 Å². The average molecular weight is 479 g/mol. The molecule has 2 aromatic heterocycles. The van der Waals surface area contributed by atoms with E-state index in [9.17, 15) is 4.79 Å². The fourth-order valence-electron chi connectivity index (χ4n) is 3.65. The number of anilines is 1. The number of benzene rings is 3. The second-order valence-electron chi connectivity index (χ2n) is 7.29. The minimum Gasteiger partial charge on any atom is -0.494 e. The molecule has 0 saturated carbocycles. The molecule has 0 N–H and O–H groups in total. The second-order valence-corrected chi connectivity index (χ2v) is 8.67. The zero-order valence-electron chi connectivity index (χ0n) is 17.9. The number of halogens is 1. The predicted octanol–water partition coefficient (Wildman–Crippen LogP) is 6.56. The first kappa shape index (κ1) is 21.3. The lowest BCUT2D eigenvalue weighted by Crippen LogP contribution is -2.30. The zero-order chi connectivity index (χ0) is 22.9. The first-order valence-electron chi connectivity index (χ1n) is 10.1. The molecule has 0 saturated heterocycles. The smallest absolute Gasteiger partial charge is 0.296 e. The number of rotatable bonds is 6. The van der Waals surface area contributed by atoms with Gasteiger partial charge < -0.3 is 13.9 Å². The summed E-state index contributed by atoms with van der Waals surface area (Å²) in [7, 11) is 3.15. The number of carbonyl (C=O) groups excluding carboxylic acids is 1. The van der Waals surface area contributed by atoms with Crippen LogP contribution >= 0.6 is 22.9 Å². The summed E-state index contributed by atoms with van der Waals surface area (Å²) in [6.07, 6.45) is 0. The van der Waals surface area contributed by atoms with Gasteiger partial charge in [0.25, 0.3) is 5.91 Å². The fourth-order valence-corrected chi connectivity index (χ4v) is 4.90. The van der Waals surface area contributed by atoms with Crippen molar-refractivity contribution in [2.75, 3.05) is 19.1 Å². The van der Waals surface area contributed by atoms with E-state index < -0.39 is 0 Å². The van der Waals surface area contributed by atoms with Crippen molar-refractivity contribution in [3.8, 4) is 11.5 Å². The Morgan fingerprint density at radius 2 is 1.82 bits per heavy atom. The van der Waals surface area contributed by atoms with Gasteiger partial charge >= 0.3 is 0 Å². The predicted molar refractivity (Wildman–Crippen MR) is 131 cm³/mol. The normalized spacial score (nSPS) is 11.1. The molecule has 0 aliphatic rings. The van der Waals surface area contributed by atoms with E-state index in [0.29, 0.717) is 39.3 Å². The molecule has 3 aromatic carbocycles. The summed E-state index contributed by atoms with van der Waals surface area (Å²) in [5.41, 5.74) is 2.09. The van der Waals surface area contributed by atoms with Crippen molar-refractivity contribution in [1.29, 1.82) is 0 Å². The molecule has 0 radical (unpaired) electrons. The highest BCUT2D eigenvalue weighted by Crippen LogP contribution is 2.40. The van der Waals surface area contributed by atoms with Crippen LogP contribution in [0.15, 0.2) is 71.1 Å². The Morgan fingerprint density at radius 3 is 2.58 bits per heavy atom. The Balaban J connectivity index is 1.63. The largest absolute Gasteiger partial charge is 0.494 e. The number of hydrogen-bond donors (Lipinski definition) is 0. The molecule has 0 atom stereocenters. The highest BCUT2D eigenvalue weighted by Gasteiger charge is 2.26. The number of para-hydroxylation sites is 1. The van der Waals surface area contributed by atoms with Gasteiger partial charge in [0.2, 0.25) is 0 Å². The number of ether oxygens (including phenoxy) is 2. The van der Waals surface area contributed by atoms with Crippen molar-refractivity contribution >= 4 is 55.2 Å². The van der Waals surface area contributed by atoms with Gasteiger partial charge in [0.1, 0.15) is 11.3 Å². The molecule has 166 valence electrons. The van der Waals surface area contributed by atoms with Gasteiger partial charge in [-0.05, 0) is 29.8 Å². The maximum atomic E-state index is 13.7. The van der Waals surface area contributed by atoms with Gasteiger partial charge in [-0.3, -0.25) is 9.69 Å². The minimum atomic E-state index is -0.314. The molecule has 0 fully saturated rings. The van der Waals surface area contributed by atoms with E-state index in [1.165, 1.54) is 11.3 Å². The van der Waals surface area contributed by atoms with E-state index in [1.807, 2.05) is 42.5 Å². The number of thiazole rings is 1. The number of hydrogen-bond acceptors (Lipinski definition) is 6. The SMILES string of the molecule is COc1ccc(Cl)c2sc(N(Cc3ccccc3)C(=O)c3cc4cccc(OC)c4o3)nc12. The van der Waals surface area contributed by atoms with Gasteiger partial charge in [-0.2, -0.15) is 0 Å². The van der Waals surface area contributed by atoms with E-state index >= 15 is 0 Å². The molecule has 6 nitrogen and oxygen atoms in total. The van der Waals surface area contributed by atoms with E-state index in [-0.39, 0.29) is 11.7 Å². The van der Waals surface area contributed by atoms with Crippen LogP contribution in [0.25, 0.3) is 21.2 Å². The quantitative estimate of drug-likeness (QED) is 0.276. The van der Waals surface area contributed by atoms with Crippen molar-refractivity contribution < 1.29 is 18.7 Å². The molecular weight excluding hydrogens is 460 g/mol. The molecule has 0 aliphatic carbocycles. The van der Waals surface area contributed by atoms with E-state index in [0.717, 1.165) is 15.6 Å². The summed E-state index contributed by atoms with van der Waals surface area (Å²) in [6.45, 7) is 0.313. The maximum absolute atomic E-state index is 13.7. The van der Waals surface area contributed by atoms with Crippen LogP contribution in [0.3, 0.4) is 0 Å². The van der Waals surface area contributed by atoms with Crippen LogP contribution in [0.4, 0.5) is 5.13 Å². The van der Waals surface area contributed by atoms with Gasteiger partial charge in [0, 0.05) is 5.39 Å². The Bertz CT molecular complexity index is 1460. The van der Waals surface area contributed by atoms with Crippen LogP contribution in [0.5, 0.6) is 11.5 Å². The van der Waals surface area contributed by atoms with Gasteiger partial charge in [0.05, 0.1) is 30.5 Å². The zero-order valence-corrected chi connectivity index (χ0v) is 19.4. The molecule has 0 spiro atoms. The Hall–Kier alpha value is -3.55. The summed E-state index contributed by atoms with van der Waals surface area (Å²) < 4.78 is 17.5. The minimum absolute atomic E-state index is 0.197. The maximum Gasteiger partial charge on any atom is 0.296 e. The number of fused-ring (bicyclic) bond motifs is 2. The molecule has 0 aliphatic heterocycles. The van der Waals surface area contributed by atoms with E-state index in [1.54, 1.807) is 43.4 Å². The molecule has 0 bridgehead atoms. The third kappa shape index (κ3) is 3.90. The Labute approximate surface area is 198 Å². The lowest BCUT2D eigenvalue weighted by Gasteiger charge is -2.18. The lowest BCUT2D eigenvalue weighted by molar-refractivity contribution is 0.0960. The first-order chi connectivity index (χ1) is 16.1. The molecule has 8 heteroatoms. The molecule has 5 aromatic rings. The molecule has 1 amide bonds. The van der Waals surface area contributed by atoms with Crippen molar-refractivity contribution in [3.05, 3.63) is 83.1 Å². The van der Waals surface area contributed by atoms with Gasteiger partial charge in [-0.15, -0.1) is 0 Å². The van der Waals surface area contributed by atoms with Crippen LogP contribution in [-0.2, 0) is 6.54 Å². The standard InChI is InChI=1S/C25H19ClN2O4S/c1-30-18-12-11-17(26)23-21(18)27-25(33-23)28(14-15-7-4-3-5-8-15)24(29)20-13-16-9-6-10-19(31-2)22(16)32-20/h3-13H,14H2,1-2H3. The second kappa shape index (κ2) is 8.77. The van der Waals surface area contributed by atoms with Crippen LogP contribution < -0.4 is 14.4 Å². The molecule has 5 rings (SSSR count). The molecule has 33 heavy (non-hydrogen) atoms. The number of furan rings is 1. The van der Waals surface area contributed by atoms with E-state index in [4.69, 9.17) is 30.5 Å². The lowest BCUT2D eigenvalue weighted by atomic mass is 10.2. The molecule has 0 unspecified atom stereocenters. The number of amides is 1. The van der Waals surface area contributed by atoms with E-state index in [2.05, 4.69) is 0 Å². The molecule has 2 heterocycles. The molecular formula is C25H19ClN2O4S. The Kier molecular flexibility index (Phi) is 5.66. The monoisotopic (exact) mass is 478 g/mol. The van der Waals surface area contributed by atoms with Crippen molar-refractivity contribution in [2.24, 2.45) is 0 Å². The van der Waals surface area contributed by atoms with Crippen molar-refractivity contribution in [2.45, 2.75) is 6.54 Å². The number of aromatic nitrogens is 1. The first-order valence-corrected chi connectivity index (χ1v) is 11.3. The van der Waals surface area contributed by atoms with Gasteiger partial charge in [-0.25, -0.2) is 4.98 Å². The third-order valence-electron chi connectivity index (χ3n) is 5.27. The number of carbonyl (C=O) groups is 1. The number of nitrogens with zero attached hydrogens (tertiary/aromatic N) is 2. The van der Waals surface area contributed by atoms with Crippen molar-refractivity contribution in [3.63, 3.8) is 0 Å². The Morgan fingerprint density at radius 1 is 1.03 bits per heavy atom. The van der Waals surface area contributed by atoms with Gasteiger partial charge in [0.15, 0.2) is 22.2 Å². The summed E-state index contributed by atoms with van der Waals surface area (Å²) in [4.78, 5) is 20.0. The highest BCUT2D eigenvalue weighted by atomic mass is 35.5.